The average molecular weight is 781 g/mol. The van der Waals surface area contributed by atoms with E-state index >= 15 is 0 Å². The molecule has 1 saturated heterocycles. The van der Waals surface area contributed by atoms with Gasteiger partial charge in [-0.3, -0.25) is 19.1 Å². The van der Waals surface area contributed by atoms with E-state index in [1.165, 1.54) is 4.90 Å². The number of nitrogens with zero attached hydrogens (tertiary/aromatic N) is 1. The largest absolute Gasteiger partial charge is 0.496 e. The highest BCUT2D eigenvalue weighted by Crippen LogP contribution is 2.57. The molecule has 0 spiro atoms. The first-order chi connectivity index (χ1) is 25.8. The Morgan fingerprint density at radius 1 is 1.00 bits per heavy atom. The Hall–Kier alpha value is -3.91. The third kappa shape index (κ3) is 7.77. The van der Waals surface area contributed by atoms with Gasteiger partial charge in [-0.1, -0.05) is 46.8 Å². The minimum atomic E-state index is -3.87. The van der Waals surface area contributed by atoms with Crippen LogP contribution in [0, 0.1) is 22.7 Å². The molecule has 3 N–H and O–H groups in total. The number of benzene rings is 2. The second kappa shape index (κ2) is 13.9. The normalized spacial score (nSPS) is 29.9. The number of hydrogen-bond acceptors (Lipinski definition) is 9. The highest BCUT2D eigenvalue weighted by Gasteiger charge is 2.67. The average Bonchev–Trinajstić information content (AvgIpc) is 4.00. The first kappa shape index (κ1) is 39.3. The lowest BCUT2D eigenvalue weighted by atomic mass is 9.85. The third-order valence-electron chi connectivity index (χ3n) is 12.5. The number of fused-ring (bicyclic) bond motifs is 5. The van der Waals surface area contributed by atoms with Gasteiger partial charge in [0, 0.05) is 13.5 Å². The molecule has 0 unspecified atom stereocenters. The molecule has 2 aromatic carbocycles. The summed E-state index contributed by atoms with van der Waals surface area (Å²) in [6, 6.07) is 7.88. The maximum absolute atomic E-state index is 14.9. The van der Waals surface area contributed by atoms with Crippen LogP contribution in [-0.2, 0) is 45.9 Å². The van der Waals surface area contributed by atoms with E-state index in [0.717, 1.165) is 59.8 Å². The summed E-state index contributed by atoms with van der Waals surface area (Å²) in [5.74, 6) is -1.03. The van der Waals surface area contributed by atoms with Crippen molar-refractivity contribution in [2.45, 2.75) is 121 Å². The predicted molar refractivity (Wildman–Crippen MR) is 206 cm³/mol. The van der Waals surface area contributed by atoms with E-state index in [2.05, 4.69) is 21.4 Å². The zero-order chi connectivity index (χ0) is 39.7. The zero-order valence-corrected chi connectivity index (χ0v) is 33.9. The van der Waals surface area contributed by atoms with Crippen molar-refractivity contribution in [1.82, 2.24) is 20.3 Å². The molecule has 55 heavy (non-hydrogen) atoms. The number of aryl methyl sites for hydroxylation is 1. The minimum absolute atomic E-state index is 0.0212. The fraction of sp³-hybridized carbons (Fsp3) is 0.659. The molecule has 5 bridgehead atoms. The molecule has 2 heterocycles. The molecule has 7 rings (SSSR count). The molecule has 5 atom stereocenters. The number of sulfonamides is 1. The lowest BCUT2D eigenvalue weighted by Gasteiger charge is -2.36. The Morgan fingerprint density at radius 2 is 1.73 bits per heavy atom. The van der Waals surface area contributed by atoms with Gasteiger partial charge in [-0.2, -0.15) is 0 Å². The Morgan fingerprint density at radius 3 is 2.36 bits per heavy atom. The van der Waals surface area contributed by atoms with Gasteiger partial charge in [-0.15, -0.1) is 0 Å². The molecule has 14 heteroatoms. The van der Waals surface area contributed by atoms with Gasteiger partial charge in [0.05, 0.1) is 25.5 Å². The number of methoxy groups -OCH3 is 2. The van der Waals surface area contributed by atoms with Crippen LogP contribution in [0.5, 0.6) is 5.75 Å². The van der Waals surface area contributed by atoms with Crippen molar-refractivity contribution >= 4 is 44.6 Å². The van der Waals surface area contributed by atoms with Crippen molar-refractivity contribution in [3.63, 3.8) is 0 Å². The van der Waals surface area contributed by atoms with Crippen molar-refractivity contribution in [1.29, 1.82) is 0 Å². The van der Waals surface area contributed by atoms with Crippen LogP contribution in [0.1, 0.15) is 97.1 Å². The van der Waals surface area contributed by atoms with Crippen LogP contribution in [0.4, 0.5) is 4.79 Å². The second-order valence-corrected chi connectivity index (χ2v) is 20.4. The van der Waals surface area contributed by atoms with E-state index in [1.807, 2.05) is 58.9 Å². The van der Waals surface area contributed by atoms with Crippen molar-refractivity contribution in [3.8, 4) is 5.75 Å². The summed E-state index contributed by atoms with van der Waals surface area (Å²) in [5.41, 5.74) is -1.90. The molecular weight excluding hydrogens is 725 g/mol. The van der Waals surface area contributed by atoms with Crippen LogP contribution in [-0.4, -0.2) is 87.4 Å². The second-order valence-electron chi connectivity index (χ2n) is 18.4. The zero-order valence-electron chi connectivity index (χ0n) is 33.1. The number of rotatable bonds is 8. The van der Waals surface area contributed by atoms with Gasteiger partial charge in [0.15, 0.2) is 0 Å². The molecule has 300 valence electrons. The van der Waals surface area contributed by atoms with Crippen molar-refractivity contribution in [2.24, 2.45) is 22.7 Å². The van der Waals surface area contributed by atoms with Crippen LogP contribution in [0.25, 0.3) is 10.8 Å². The number of hydrogen-bond donors (Lipinski definition) is 3. The van der Waals surface area contributed by atoms with Crippen LogP contribution in [0.3, 0.4) is 0 Å². The van der Waals surface area contributed by atoms with Gasteiger partial charge >= 0.3 is 6.09 Å². The fourth-order valence-corrected chi connectivity index (χ4v) is 10.0. The van der Waals surface area contributed by atoms with Gasteiger partial charge in [0.25, 0.3) is 5.91 Å². The van der Waals surface area contributed by atoms with E-state index in [-0.39, 0.29) is 36.8 Å². The monoisotopic (exact) mass is 780 g/mol. The number of carbonyl (C=O) groups is 4. The number of nitrogens with one attached hydrogen (secondary N) is 3. The minimum Gasteiger partial charge on any atom is -0.496 e. The third-order valence-corrected chi connectivity index (χ3v) is 14.3. The maximum atomic E-state index is 14.9. The van der Waals surface area contributed by atoms with Crippen LogP contribution in [0.15, 0.2) is 30.3 Å². The topological polar surface area (TPSA) is 169 Å². The number of amides is 4. The molecule has 2 aromatic rings. The summed E-state index contributed by atoms with van der Waals surface area (Å²) in [4.78, 5) is 58.3. The Labute approximate surface area is 324 Å². The van der Waals surface area contributed by atoms with E-state index < -0.39 is 67.7 Å². The summed E-state index contributed by atoms with van der Waals surface area (Å²) >= 11 is 0. The molecule has 3 aliphatic carbocycles. The lowest BCUT2D eigenvalue weighted by molar-refractivity contribution is -0.143. The number of alkyl carbamates (subject to hydrolysis) is 1. The van der Waals surface area contributed by atoms with Crippen LogP contribution >= 0.6 is 0 Å². The Kier molecular flexibility index (Phi) is 9.96. The summed E-state index contributed by atoms with van der Waals surface area (Å²) in [6.07, 6.45) is 4.74. The highest BCUT2D eigenvalue weighted by molar-refractivity contribution is 7.91. The fourth-order valence-electron chi connectivity index (χ4n) is 8.67. The van der Waals surface area contributed by atoms with Crippen LogP contribution < -0.4 is 20.1 Å². The quantitative estimate of drug-likeness (QED) is 0.344. The maximum Gasteiger partial charge on any atom is 0.407 e. The standard InChI is InChI=1S/C41H56N4O9S/c1-38(2,3)33-35(47)45-22-40(53-7,21-31(45)34(46)43-41(20-30(41)24-10-11-24)36(48)44-55(50,51)29-14-15-29)28-13-12-25-19-32(52-6)26(17-27(25)18-28)9-8-16-39(4,5)23-54-37(49)42-33/h12-13,17-19,24,29-31,33H,8-11,14-16,20-23H2,1-7H3,(H,42,49)(H,43,46)(H,44,48)/t30-,31-,33+,40-,41+/m0/s1. The summed E-state index contributed by atoms with van der Waals surface area (Å²) in [6.45, 7) is 9.68. The van der Waals surface area contributed by atoms with Gasteiger partial charge in [-0.25, -0.2) is 13.2 Å². The van der Waals surface area contributed by atoms with E-state index in [9.17, 15) is 27.6 Å². The van der Waals surface area contributed by atoms with Gasteiger partial charge in [0.2, 0.25) is 21.8 Å². The smallest absolute Gasteiger partial charge is 0.407 e. The molecular formula is C41H56N4O9S. The lowest BCUT2D eigenvalue weighted by Crippen LogP contribution is -2.60. The predicted octanol–water partition coefficient (Wildman–Crippen LogP) is 4.69. The molecule has 0 radical (unpaired) electrons. The molecule has 4 fully saturated rings. The molecule has 3 saturated carbocycles. The van der Waals surface area contributed by atoms with Crippen molar-refractivity contribution in [2.75, 3.05) is 27.4 Å². The van der Waals surface area contributed by atoms with Gasteiger partial charge in [0.1, 0.15) is 29.0 Å². The first-order valence-electron chi connectivity index (χ1n) is 19.6. The first-order valence-corrected chi connectivity index (χ1v) is 21.1. The molecule has 4 amide bonds. The van der Waals surface area contributed by atoms with E-state index in [0.29, 0.717) is 19.3 Å². The number of cyclic esters (lactones) is 1. The molecule has 0 aromatic heterocycles. The highest BCUT2D eigenvalue weighted by atomic mass is 32.2. The Balaban J connectivity index is 1.29. The van der Waals surface area contributed by atoms with E-state index in [4.69, 9.17) is 14.2 Å². The summed E-state index contributed by atoms with van der Waals surface area (Å²) in [5, 5.41) is 7.13. The van der Waals surface area contributed by atoms with Crippen LogP contribution in [0.2, 0.25) is 0 Å². The summed E-state index contributed by atoms with van der Waals surface area (Å²) < 4.78 is 45.9. The van der Waals surface area contributed by atoms with Gasteiger partial charge < -0.3 is 29.7 Å². The summed E-state index contributed by atoms with van der Waals surface area (Å²) in [7, 11) is -0.659. The Bertz CT molecular complexity index is 2000. The molecule has 2 aliphatic heterocycles. The van der Waals surface area contributed by atoms with Crippen molar-refractivity contribution < 1.29 is 41.8 Å². The SMILES string of the molecule is COc1cc2ccc3cc2cc1CCCC(C)(C)COC(=O)N[C@@H](C(C)(C)C)C(=O)N1C[C@@]3(OC)C[C@H]1C(=O)N[C@]1(C(=O)NS(=O)(=O)C2CC2)C[C@H]1C1CC1. The molecule has 5 aliphatic rings. The molecule has 13 nitrogen and oxygen atoms in total. The van der Waals surface area contributed by atoms with E-state index in [1.54, 1.807) is 14.2 Å². The number of carbonyl (C=O) groups excluding carboxylic acids is 4. The van der Waals surface area contributed by atoms with Crippen molar-refractivity contribution in [3.05, 3.63) is 41.5 Å². The van der Waals surface area contributed by atoms with Gasteiger partial charge in [-0.05, 0) is 114 Å². The number of ether oxygens (including phenoxy) is 3.